The molecule has 312 valence electrons. The van der Waals surface area contributed by atoms with Crippen molar-refractivity contribution in [2.75, 3.05) is 116 Å². The minimum absolute atomic E-state index is 0.0148. The van der Waals surface area contributed by atoms with Crippen LogP contribution in [0.5, 0.6) is 0 Å². The lowest BCUT2D eigenvalue weighted by atomic mass is 10.2. The maximum absolute atomic E-state index is 12.1. The van der Waals surface area contributed by atoms with Crippen molar-refractivity contribution >= 4 is 63.9 Å². The molecule has 0 aliphatic rings. The Hall–Kier alpha value is -3.34. The zero-order valence-corrected chi connectivity index (χ0v) is 32.6. The number of ether oxygens (including phenoxy) is 5. The van der Waals surface area contributed by atoms with Gasteiger partial charge < -0.3 is 39.6 Å². The van der Waals surface area contributed by atoms with Crippen LogP contribution in [0.2, 0.25) is 0 Å². The van der Waals surface area contributed by atoms with Crippen LogP contribution in [0.25, 0.3) is 0 Å². The Kier molecular flexibility index (Phi) is 31.0. The van der Waals surface area contributed by atoms with Gasteiger partial charge in [-0.1, -0.05) is 22.6 Å². The van der Waals surface area contributed by atoms with Gasteiger partial charge in [0.1, 0.15) is 13.2 Å². The number of nitrogens with zero attached hydrogens (tertiary/aromatic N) is 4. The average Bonchev–Trinajstić information content (AvgIpc) is 3.14. The number of hydrogen-bond donors (Lipinski definition) is 7. The fraction of sp³-hybridized carbons (Fsp3) is 0.767. The van der Waals surface area contributed by atoms with Crippen LogP contribution >= 0.6 is 22.6 Å². The van der Waals surface area contributed by atoms with Gasteiger partial charge in [0.05, 0.1) is 79.0 Å². The van der Waals surface area contributed by atoms with E-state index in [1.54, 1.807) is 0 Å². The lowest BCUT2D eigenvalue weighted by Gasteiger charge is -2.16. The average molecular weight is 896 g/mol. The van der Waals surface area contributed by atoms with Crippen LogP contribution in [0, 0.1) is 0 Å². The first kappa shape index (κ1) is 50.7. The molecule has 7 amide bonds. The Bertz CT molecular complexity index is 1130. The van der Waals surface area contributed by atoms with Crippen LogP contribution in [0.3, 0.4) is 0 Å². The van der Waals surface area contributed by atoms with Crippen molar-refractivity contribution in [2.24, 2.45) is 0 Å². The van der Waals surface area contributed by atoms with E-state index in [1.807, 2.05) is 0 Å². The van der Waals surface area contributed by atoms with Gasteiger partial charge >= 0.3 is 0 Å². The fourth-order valence-electron chi connectivity index (χ4n) is 3.62. The van der Waals surface area contributed by atoms with E-state index in [-0.39, 0.29) is 118 Å². The van der Waals surface area contributed by atoms with Gasteiger partial charge in [0, 0.05) is 56.7 Å². The van der Waals surface area contributed by atoms with Crippen molar-refractivity contribution in [3.05, 3.63) is 0 Å². The van der Waals surface area contributed by atoms with Crippen molar-refractivity contribution in [2.45, 2.75) is 32.6 Å². The van der Waals surface area contributed by atoms with E-state index in [2.05, 4.69) is 38.5 Å². The number of halogens is 1. The van der Waals surface area contributed by atoms with Gasteiger partial charge in [0.2, 0.25) is 35.4 Å². The molecule has 0 atom stereocenters. The van der Waals surface area contributed by atoms with Crippen LogP contribution in [0.4, 0.5) is 0 Å². The molecule has 0 fully saturated rings. The minimum atomic E-state index is -0.723. The quantitative estimate of drug-likeness (QED) is 0.0116. The Morgan fingerprint density at radius 3 is 1.24 bits per heavy atom. The lowest BCUT2D eigenvalue weighted by molar-refractivity contribution is -0.173. The van der Waals surface area contributed by atoms with Crippen LogP contribution in [-0.4, -0.2) is 199 Å². The summed E-state index contributed by atoms with van der Waals surface area (Å²) >= 11 is 2.13. The molecule has 0 bridgehead atoms. The number of alkyl halides is 1. The van der Waals surface area contributed by atoms with Crippen LogP contribution in [-0.2, 0) is 57.2 Å². The standard InChI is InChI=1S/C30H54IN7O16/c1-24(39)35(46)10-18-51-15-7-32-25(40)2-4-28(43)36(47)11-20-52-16-8-33-26(41)3-5-29(44)37(48)12-21-53-17-9-34-27(42)22-54-23-30(45)38(49)13-19-50-14-6-31/h46-49H,2-23H2,1H3,(H,32,40)(H,33,41)(H,34,42). The van der Waals surface area contributed by atoms with Gasteiger partial charge in [-0.05, 0) is 0 Å². The summed E-state index contributed by atoms with van der Waals surface area (Å²) in [5.74, 6) is -4.08. The van der Waals surface area contributed by atoms with Gasteiger partial charge in [0.15, 0.2) is 0 Å². The second-order valence-corrected chi connectivity index (χ2v) is 12.0. The molecular formula is C30H54IN7O16. The van der Waals surface area contributed by atoms with Gasteiger partial charge in [-0.15, -0.1) is 0 Å². The highest BCUT2D eigenvalue weighted by molar-refractivity contribution is 14.1. The van der Waals surface area contributed by atoms with Crippen LogP contribution < -0.4 is 16.0 Å². The smallest absolute Gasteiger partial charge is 0.271 e. The SMILES string of the molecule is CC(=O)N(O)CCOCCNC(=O)CCC(=O)N(O)CCOCCNC(=O)CCC(=O)N(O)CCOCCNC(=O)COCC(=O)N(O)CCOCCI. The van der Waals surface area contributed by atoms with Gasteiger partial charge in [-0.2, -0.15) is 0 Å². The second kappa shape index (κ2) is 33.0. The normalized spacial score (nSPS) is 10.7. The number of carbonyl (C=O) groups excluding carboxylic acids is 7. The molecule has 0 heterocycles. The molecule has 0 rings (SSSR count). The van der Waals surface area contributed by atoms with Crippen LogP contribution in [0.1, 0.15) is 32.6 Å². The molecule has 54 heavy (non-hydrogen) atoms. The highest BCUT2D eigenvalue weighted by atomic mass is 127. The van der Waals surface area contributed by atoms with E-state index < -0.39 is 54.6 Å². The molecule has 0 radical (unpaired) electrons. The molecule has 24 heteroatoms. The molecular weight excluding hydrogens is 841 g/mol. The largest absolute Gasteiger partial charge is 0.379 e. The van der Waals surface area contributed by atoms with Gasteiger partial charge in [0.25, 0.3) is 5.91 Å². The third-order valence-corrected chi connectivity index (χ3v) is 6.98. The maximum atomic E-state index is 12.1. The monoisotopic (exact) mass is 895 g/mol. The first-order valence-electron chi connectivity index (χ1n) is 17.0. The number of hydrogen-bond acceptors (Lipinski definition) is 16. The third kappa shape index (κ3) is 29.1. The Labute approximate surface area is 326 Å². The summed E-state index contributed by atoms with van der Waals surface area (Å²) < 4.78 is 26.6. The molecule has 0 unspecified atom stereocenters. The Balaban J connectivity index is 3.80. The van der Waals surface area contributed by atoms with Gasteiger partial charge in [-0.25, -0.2) is 20.3 Å². The highest BCUT2D eigenvalue weighted by Crippen LogP contribution is 1.98. The van der Waals surface area contributed by atoms with E-state index in [0.29, 0.717) is 26.9 Å². The fourth-order valence-corrected chi connectivity index (χ4v) is 3.93. The van der Waals surface area contributed by atoms with Gasteiger partial charge in [-0.3, -0.25) is 54.4 Å². The minimum Gasteiger partial charge on any atom is -0.379 e. The van der Waals surface area contributed by atoms with Crippen molar-refractivity contribution in [3.63, 3.8) is 0 Å². The number of hydroxylamine groups is 8. The van der Waals surface area contributed by atoms with E-state index >= 15 is 0 Å². The zero-order valence-electron chi connectivity index (χ0n) is 30.4. The lowest BCUT2D eigenvalue weighted by Crippen LogP contribution is -2.36. The molecule has 0 aromatic rings. The summed E-state index contributed by atoms with van der Waals surface area (Å²) in [7, 11) is 0. The molecule has 0 spiro atoms. The second-order valence-electron chi connectivity index (χ2n) is 10.9. The van der Waals surface area contributed by atoms with E-state index in [9.17, 15) is 54.4 Å². The third-order valence-electron chi connectivity index (χ3n) is 6.53. The summed E-state index contributed by atoms with van der Waals surface area (Å²) in [6.07, 6.45) is -0.903. The Morgan fingerprint density at radius 2 is 0.833 bits per heavy atom. The predicted molar refractivity (Wildman–Crippen MR) is 190 cm³/mol. The molecule has 0 saturated heterocycles. The summed E-state index contributed by atoms with van der Waals surface area (Å²) in [5.41, 5.74) is 0. The number of rotatable bonds is 33. The van der Waals surface area contributed by atoms with Crippen molar-refractivity contribution in [1.29, 1.82) is 0 Å². The van der Waals surface area contributed by atoms with E-state index in [0.717, 1.165) is 4.43 Å². The summed E-state index contributed by atoms with van der Waals surface area (Å²) in [6.45, 7) is 1.07. The highest BCUT2D eigenvalue weighted by Gasteiger charge is 2.15. The number of nitrogens with one attached hydrogen (secondary N) is 3. The molecule has 0 aliphatic carbocycles. The van der Waals surface area contributed by atoms with E-state index in [1.165, 1.54) is 6.92 Å². The number of amides is 7. The summed E-state index contributed by atoms with van der Waals surface area (Å²) in [5, 5.41) is 47.8. The first-order chi connectivity index (χ1) is 25.8. The zero-order chi connectivity index (χ0) is 40.6. The topological polar surface area (TPSA) is 296 Å². The maximum Gasteiger partial charge on any atom is 0.271 e. The molecule has 0 aromatic heterocycles. The molecule has 0 aliphatic heterocycles. The molecule has 23 nitrogen and oxygen atoms in total. The predicted octanol–water partition coefficient (Wildman–Crippen LogP) is -2.70. The van der Waals surface area contributed by atoms with E-state index in [4.69, 9.17) is 23.7 Å². The molecule has 0 saturated carbocycles. The first-order valence-corrected chi connectivity index (χ1v) is 18.5. The molecule has 7 N–H and O–H groups in total. The van der Waals surface area contributed by atoms with Crippen molar-refractivity contribution in [1.82, 2.24) is 36.2 Å². The summed E-state index contributed by atoms with van der Waals surface area (Å²) in [4.78, 5) is 82.2. The molecule has 0 aromatic carbocycles. The van der Waals surface area contributed by atoms with Crippen molar-refractivity contribution < 1.29 is 78.1 Å². The number of carbonyl (C=O) groups is 7. The summed E-state index contributed by atoms with van der Waals surface area (Å²) in [6, 6.07) is 0. The Morgan fingerprint density at radius 1 is 0.463 bits per heavy atom. The van der Waals surface area contributed by atoms with Crippen LogP contribution in [0.15, 0.2) is 0 Å². The van der Waals surface area contributed by atoms with Crippen molar-refractivity contribution in [3.8, 4) is 0 Å².